The Morgan fingerprint density at radius 3 is 3.06 bits per heavy atom. The highest BCUT2D eigenvalue weighted by Gasteiger charge is 2.13. The first-order valence-electron chi connectivity index (χ1n) is 4.62. The van der Waals surface area contributed by atoms with Crippen LogP contribution in [0.15, 0.2) is 22.9 Å². The Morgan fingerprint density at radius 1 is 1.62 bits per heavy atom. The molecule has 2 rings (SSSR count). The second kappa shape index (κ2) is 4.43. The number of hydrogen-bond acceptors (Lipinski definition) is 3. The molecule has 0 bridgehead atoms. The number of pyridine rings is 1. The van der Waals surface area contributed by atoms with Crippen molar-refractivity contribution < 1.29 is 9.53 Å². The van der Waals surface area contributed by atoms with Gasteiger partial charge in [0.1, 0.15) is 0 Å². The zero-order valence-corrected chi connectivity index (χ0v) is 10.7. The van der Waals surface area contributed by atoms with Crippen LogP contribution in [0.2, 0.25) is 5.02 Å². The number of fused-ring (bicyclic) bond motifs is 1. The lowest BCUT2D eigenvalue weighted by atomic mass is 10.5. The highest BCUT2D eigenvalue weighted by molar-refractivity contribution is 9.10. The largest absolute Gasteiger partial charge is 0.461 e. The molecule has 0 spiro atoms. The Kier molecular flexibility index (Phi) is 3.16. The molecule has 0 aromatic carbocycles. The molecule has 6 heteroatoms. The number of aromatic nitrogens is 2. The topological polar surface area (TPSA) is 43.6 Å². The summed E-state index contributed by atoms with van der Waals surface area (Å²) in [6.07, 6.45) is 3.36. The van der Waals surface area contributed by atoms with Gasteiger partial charge in [0, 0.05) is 16.9 Å². The van der Waals surface area contributed by atoms with Crippen LogP contribution in [-0.4, -0.2) is 22.0 Å². The molecule has 2 heterocycles. The first-order valence-corrected chi connectivity index (χ1v) is 5.79. The van der Waals surface area contributed by atoms with Crippen LogP contribution in [0.5, 0.6) is 0 Å². The fraction of sp³-hybridized carbons (Fsp3) is 0.200. The predicted molar refractivity (Wildman–Crippen MR) is 63.9 cm³/mol. The summed E-state index contributed by atoms with van der Waals surface area (Å²) < 4.78 is 7.35. The Bertz CT molecular complexity index is 553. The molecule has 4 nitrogen and oxygen atoms in total. The van der Waals surface area contributed by atoms with Crippen molar-refractivity contribution in [2.75, 3.05) is 6.61 Å². The van der Waals surface area contributed by atoms with Crippen molar-refractivity contribution in [3.8, 4) is 0 Å². The molecule has 0 aliphatic rings. The van der Waals surface area contributed by atoms with Crippen LogP contribution in [0.25, 0.3) is 5.65 Å². The third kappa shape index (κ3) is 2.05. The molecule has 0 unspecified atom stereocenters. The average molecular weight is 304 g/mol. The highest BCUT2D eigenvalue weighted by atomic mass is 79.9. The van der Waals surface area contributed by atoms with Crippen molar-refractivity contribution in [3.05, 3.63) is 33.6 Å². The summed E-state index contributed by atoms with van der Waals surface area (Å²) in [5.41, 5.74) is 0.787. The van der Waals surface area contributed by atoms with Crippen molar-refractivity contribution in [2.45, 2.75) is 6.92 Å². The third-order valence-electron chi connectivity index (χ3n) is 1.96. The monoisotopic (exact) mass is 302 g/mol. The van der Waals surface area contributed by atoms with Gasteiger partial charge >= 0.3 is 5.97 Å². The highest BCUT2D eigenvalue weighted by Crippen LogP contribution is 2.22. The predicted octanol–water partition coefficient (Wildman–Crippen LogP) is 2.93. The number of halogens is 2. The van der Waals surface area contributed by atoms with E-state index in [4.69, 9.17) is 16.3 Å². The van der Waals surface area contributed by atoms with Gasteiger partial charge in [-0.3, -0.25) is 0 Å². The standard InChI is InChI=1S/C10H8BrClN2O2/c1-2-16-10(15)8-5-14-4-6(11)3-7(12)9(14)13-8/h3-5H,2H2,1H3. The third-order valence-corrected chi connectivity index (χ3v) is 2.67. The zero-order chi connectivity index (χ0) is 11.7. The van der Waals surface area contributed by atoms with E-state index < -0.39 is 5.97 Å². The lowest BCUT2D eigenvalue weighted by molar-refractivity contribution is 0.0520. The van der Waals surface area contributed by atoms with Crippen LogP contribution in [0.3, 0.4) is 0 Å². The van der Waals surface area contributed by atoms with Crippen LogP contribution < -0.4 is 0 Å². The zero-order valence-electron chi connectivity index (χ0n) is 8.41. The van der Waals surface area contributed by atoms with E-state index in [0.717, 1.165) is 4.47 Å². The summed E-state index contributed by atoms with van der Waals surface area (Å²) in [5, 5.41) is 0.477. The minimum Gasteiger partial charge on any atom is -0.461 e. The quantitative estimate of drug-likeness (QED) is 0.801. The van der Waals surface area contributed by atoms with Crippen molar-refractivity contribution in [2.24, 2.45) is 0 Å². The molecule has 0 N–H and O–H groups in total. The summed E-state index contributed by atoms with van der Waals surface area (Å²) in [7, 11) is 0. The molecule has 0 aliphatic heterocycles. The van der Waals surface area contributed by atoms with Gasteiger partial charge in [0.25, 0.3) is 0 Å². The smallest absolute Gasteiger partial charge is 0.358 e. The van der Waals surface area contributed by atoms with E-state index in [-0.39, 0.29) is 5.69 Å². The molecule has 0 saturated carbocycles. The maximum Gasteiger partial charge on any atom is 0.358 e. The molecular weight excluding hydrogens is 295 g/mol. The van der Waals surface area contributed by atoms with Gasteiger partial charge in [-0.15, -0.1) is 0 Å². The molecule has 84 valence electrons. The molecule has 0 saturated heterocycles. The van der Waals surface area contributed by atoms with Gasteiger partial charge in [-0.2, -0.15) is 0 Å². The van der Waals surface area contributed by atoms with E-state index in [1.54, 1.807) is 29.8 Å². The lowest BCUT2D eigenvalue weighted by Crippen LogP contribution is -2.04. The van der Waals surface area contributed by atoms with Crippen molar-refractivity contribution in [3.63, 3.8) is 0 Å². The molecule has 2 aromatic rings. The lowest BCUT2D eigenvalue weighted by Gasteiger charge is -1.96. The van der Waals surface area contributed by atoms with E-state index >= 15 is 0 Å². The SMILES string of the molecule is CCOC(=O)c1cn2cc(Br)cc(Cl)c2n1. The number of ether oxygens (including phenoxy) is 1. The molecule has 0 radical (unpaired) electrons. The van der Waals surface area contributed by atoms with Gasteiger partial charge in [0.2, 0.25) is 0 Å². The van der Waals surface area contributed by atoms with Crippen molar-refractivity contribution in [1.29, 1.82) is 0 Å². The average Bonchev–Trinajstić information content (AvgIpc) is 2.62. The Morgan fingerprint density at radius 2 is 2.38 bits per heavy atom. The van der Waals surface area contributed by atoms with Gasteiger partial charge < -0.3 is 9.14 Å². The molecule has 0 aliphatic carbocycles. The van der Waals surface area contributed by atoms with Crippen LogP contribution in [0.1, 0.15) is 17.4 Å². The second-order valence-corrected chi connectivity index (χ2v) is 4.41. The number of carbonyl (C=O) groups excluding carboxylic acids is 1. The number of rotatable bonds is 2. The van der Waals surface area contributed by atoms with Crippen LogP contribution in [0, 0.1) is 0 Å². The summed E-state index contributed by atoms with van der Waals surface area (Å²) in [4.78, 5) is 15.6. The van der Waals surface area contributed by atoms with Crippen molar-refractivity contribution >= 4 is 39.1 Å². The van der Waals surface area contributed by atoms with Gasteiger partial charge in [0.15, 0.2) is 11.3 Å². The molecular formula is C10H8BrClN2O2. The van der Waals surface area contributed by atoms with Gasteiger partial charge in [-0.25, -0.2) is 9.78 Å². The molecule has 16 heavy (non-hydrogen) atoms. The van der Waals surface area contributed by atoms with Gasteiger partial charge in [0.05, 0.1) is 11.6 Å². The number of imidazole rings is 1. The second-order valence-electron chi connectivity index (χ2n) is 3.08. The fourth-order valence-electron chi connectivity index (χ4n) is 1.33. The molecule has 0 atom stereocenters. The maximum atomic E-state index is 11.5. The minimum atomic E-state index is -0.446. The molecule has 0 amide bonds. The normalized spacial score (nSPS) is 10.7. The van der Waals surface area contributed by atoms with E-state index in [1.807, 2.05) is 0 Å². The van der Waals surface area contributed by atoms with E-state index in [0.29, 0.717) is 17.3 Å². The Labute approximate surface area is 105 Å². The Hall–Kier alpha value is -1.07. The van der Waals surface area contributed by atoms with Crippen molar-refractivity contribution in [1.82, 2.24) is 9.38 Å². The molecule has 0 fully saturated rings. The summed E-state index contributed by atoms with van der Waals surface area (Å²) >= 11 is 9.30. The first kappa shape index (κ1) is 11.4. The fourth-order valence-corrected chi connectivity index (χ4v) is 2.17. The number of hydrogen-bond donors (Lipinski definition) is 0. The molecule has 2 aromatic heterocycles. The van der Waals surface area contributed by atoms with Gasteiger partial charge in [-0.05, 0) is 28.9 Å². The number of esters is 1. The van der Waals surface area contributed by atoms with Crippen LogP contribution >= 0.6 is 27.5 Å². The Balaban J connectivity index is 2.51. The van der Waals surface area contributed by atoms with E-state index in [2.05, 4.69) is 20.9 Å². The van der Waals surface area contributed by atoms with Crippen LogP contribution in [0.4, 0.5) is 0 Å². The first-order chi connectivity index (χ1) is 7.61. The number of carbonyl (C=O) groups is 1. The van der Waals surface area contributed by atoms with E-state index in [9.17, 15) is 4.79 Å². The summed E-state index contributed by atoms with van der Waals surface area (Å²) in [6, 6.07) is 1.72. The maximum absolute atomic E-state index is 11.5. The summed E-state index contributed by atoms with van der Waals surface area (Å²) in [5.74, 6) is -0.446. The van der Waals surface area contributed by atoms with E-state index in [1.165, 1.54) is 0 Å². The minimum absolute atomic E-state index is 0.252. The van der Waals surface area contributed by atoms with Gasteiger partial charge in [-0.1, -0.05) is 11.6 Å². The number of nitrogens with zero attached hydrogens (tertiary/aromatic N) is 2. The summed E-state index contributed by atoms with van der Waals surface area (Å²) in [6.45, 7) is 2.07. The van der Waals surface area contributed by atoms with Crippen LogP contribution in [-0.2, 0) is 4.74 Å².